The Hall–Kier alpha value is -3.20. The molecule has 0 radical (unpaired) electrons. The van der Waals surface area contributed by atoms with E-state index >= 15 is 0 Å². The molecule has 1 saturated heterocycles. The van der Waals surface area contributed by atoms with E-state index in [0.29, 0.717) is 33.4 Å². The molecule has 0 bridgehead atoms. The number of benzene rings is 3. The summed E-state index contributed by atoms with van der Waals surface area (Å²) in [4.78, 5) is 14.4. The molecule has 3 aromatic rings. The van der Waals surface area contributed by atoms with Crippen molar-refractivity contribution in [2.45, 2.75) is 5.37 Å². The first-order chi connectivity index (χ1) is 16.7. The number of ether oxygens (including phenoxy) is 3. The molecule has 1 amide bonds. The predicted octanol–water partition coefficient (Wildman–Crippen LogP) is 5.52. The van der Waals surface area contributed by atoms with Crippen LogP contribution in [0.25, 0.3) is 6.08 Å². The first kappa shape index (κ1) is 24.9. The second-order valence-electron chi connectivity index (χ2n) is 7.55. The highest BCUT2D eigenvalue weighted by atomic mass is 35.5. The minimum atomic E-state index is -4.19. The quantitative estimate of drug-likeness (QED) is 0.388. The van der Waals surface area contributed by atoms with Gasteiger partial charge in [-0.2, -0.15) is 0 Å². The zero-order chi connectivity index (χ0) is 25.3. The fraction of sp³-hybridized carbons (Fsp3) is 0.160. The number of anilines is 1. The maximum atomic E-state index is 13.8. The van der Waals surface area contributed by atoms with Crippen LogP contribution in [0.15, 0.2) is 65.6 Å². The van der Waals surface area contributed by atoms with E-state index in [-0.39, 0.29) is 10.7 Å². The van der Waals surface area contributed by atoms with E-state index in [1.807, 2.05) is 0 Å². The lowest BCUT2D eigenvalue weighted by Crippen LogP contribution is -2.29. The smallest absolute Gasteiger partial charge is 0.271 e. The molecule has 3 aromatic carbocycles. The molecule has 1 atom stereocenters. The molecule has 0 saturated carbocycles. The van der Waals surface area contributed by atoms with Crippen LogP contribution in [-0.4, -0.2) is 35.7 Å². The molecule has 4 rings (SSSR count). The van der Waals surface area contributed by atoms with Crippen molar-refractivity contribution in [2.24, 2.45) is 0 Å². The summed E-state index contributed by atoms with van der Waals surface area (Å²) in [5.41, 5.74) is 0.970. The third kappa shape index (κ3) is 4.45. The fourth-order valence-electron chi connectivity index (χ4n) is 3.94. The van der Waals surface area contributed by atoms with Crippen LogP contribution < -0.4 is 19.1 Å². The molecule has 0 spiro atoms. The van der Waals surface area contributed by atoms with Crippen LogP contribution in [0.4, 0.5) is 5.69 Å². The van der Waals surface area contributed by atoms with Crippen molar-refractivity contribution < 1.29 is 27.4 Å². The number of nitrogens with zero attached hydrogens (tertiary/aromatic N) is 1. The zero-order valence-electron chi connectivity index (χ0n) is 19.0. The summed E-state index contributed by atoms with van der Waals surface area (Å²) in [6.45, 7) is 0. The summed E-state index contributed by atoms with van der Waals surface area (Å²) < 4.78 is 43.7. The third-order valence-corrected chi connectivity index (χ3v) is 8.03. The molecule has 1 heterocycles. The monoisotopic (exact) mass is 533 g/mol. The number of methoxy groups -OCH3 is 3. The van der Waals surface area contributed by atoms with Gasteiger partial charge in [-0.15, -0.1) is 0 Å². The summed E-state index contributed by atoms with van der Waals surface area (Å²) in [6, 6.07) is 16.1. The lowest BCUT2D eigenvalue weighted by Gasteiger charge is -2.24. The summed E-state index contributed by atoms with van der Waals surface area (Å²) in [6.07, 6.45) is 1.29. The van der Waals surface area contributed by atoms with Gasteiger partial charge in [0.25, 0.3) is 5.91 Å². The summed E-state index contributed by atoms with van der Waals surface area (Å²) in [7, 11) is 0.161. The van der Waals surface area contributed by atoms with E-state index in [1.165, 1.54) is 39.5 Å². The number of hydrogen-bond donors (Lipinski definition) is 0. The number of sulfone groups is 1. The van der Waals surface area contributed by atoms with Gasteiger partial charge in [-0.25, -0.2) is 8.42 Å². The molecule has 182 valence electrons. The Morgan fingerprint density at radius 1 is 0.886 bits per heavy atom. The molecule has 1 fully saturated rings. The van der Waals surface area contributed by atoms with Crippen molar-refractivity contribution in [2.75, 3.05) is 26.2 Å². The Bertz CT molecular complexity index is 1400. The predicted molar refractivity (Wildman–Crippen MR) is 136 cm³/mol. The Morgan fingerprint density at radius 2 is 1.51 bits per heavy atom. The van der Waals surface area contributed by atoms with Crippen molar-refractivity contribution >= 4 is 50.7 Å². The van der Waals surface area contributed by atoms with E-state index < -0.39 is 26.0 Å². The van der Waals surface area contributed by atoms with Gasteiger partial charge in [0, 0.05) is 5.02 Å². The van der Waals surface area contributed by atoms with Crippen LogP contribution in [0.1, 0.15) is 16.5 Å². The molecule has 0 aliphatic carbocycles. The molecule has 0 N–H and O–H groups in total. The Kier molecular flexibility index (Phi) is 6.98. The molecule has 1 aliphatic heterocycles. The molecule has 1 aliphatic rings. The SMILES string of the molecule is COc1cc(C=C2C(=O)N(c3cc(Cl)ccc3Cl)C(c3ccccc3)S2(=O)=O)cc(OC)c1OC. The van der Waals surface area contributed by atoms with Crippen LogP contribution in [0.5, 0.6) is 17.2 Å². The topological polar surface area (TPSA) is 82.1 Å². The lowest BCUT2D eigenvalue weighted by molar-refractivity contribution is -0.114. The second kappa shape index (κ2) is 9.81. The van der Waals surface area contributed by atoms with Crippen LogP contribution in [0, 0.1) is 0 Å². The largest absolute Gasteiger partial charge is 0.493 e. The highest BCUT2D eigenvalue weighted by Crippen LogP contribution is 2.47. The summed E-state index contributed by atoms with van der Waals surface area (Å²) >= 11 is 12.6. The van der Waals surface area contributed by atoms with Gasteiger partial charge in [0.1, 0.15) is 4.91 Å². The van der Waals surface area contributed by atoms with Gasteiger partial charge in [-0.1, -0.05) is 53.5 Å². The van der Waals surface area contributed by atoms with Crippen molar-refractivity contribution in [1.29, 1.82) is 0 Å². The average molecular weight is 534 g/mol. The molecular formula is C25H21Cl2NO6S. The number of carbonyl (C=O) groups excluding carboxylic acids is 1. The second-order valence-corrected chi connectivity index (χ2v) is 10.4. The standard InChI is InChI=1S/C25H21Cl2NO6S/c1-32-20-11-15(12-21(33-2)23(20)34-3)13-22-24(29)28(19-14-17(26)9-10-18(19)27)25(35(22,30)31)16-7-5-4-6-8-16/h4-14,25H,1-3H3. The summed E-state index contributed by atoms with van der Waals surface area (Å²) in [5, 5.41) is -0.836. The average Bonchev–Trinajstić information content (AvgIpc) is 3.05. The van der Waals surface area contributed by atoms with Gasteiger partial charge in [-0.05, 0) is 47.5 Å². The van der Waals surface area contributed by atoms with Crippen molar-refractivity contribution in [3.63, 3.8) is 0 Å². The Balaban J connectivity index is 1.95. The van der Waals surface area contributed by atoms with Crippen molar-refractivity contribution in [3.05, 3.63) is 86.7 Å². The van der Waals surface area contributed by atoms with Gasteiger partial charge < -0.3 is 14.2 Å². The number of rotatable bonds is 6. The van der Waals surface area contributed by atoms with Crippen LogP contribution in [-0.2, 0) is 14.6 Å². The summed E-state index contributed by atoms with van der Waals surface area (Å²) in [5.74, 6) is 0.232. The first-order valence-electron chi connectivity index (χ1n) is 10.3. The molecule has 0 aromatic heterocycles. The number of carbonyl (C=O) groups is 1. The highest BCUT2D eigenvalue weighted by Gasteiger charge is 2.50. The maximum absolute atomic E-state index is 13.8. The zero-order valence-corrected chi connectivity index (χ0v) is 21.3. The molecular weight excluding hydrogens is 513 g/mol. The van der Waals surface area contributed by atoms with E-state index in [4.69, 9.17) is 37.4 Å². The van der Waals surface area contributed by atoms with Crippen LogP contribution in [0.3, 0.4) is 0 Å². The molecule has 10 heteroatoms. The van der Waals surface area contributed by atoms with Crippen molar-refractivity contribution in [1.82, 2.24) is 0 Å². The number of halogens is 2. The first-order valence-corrected chi connectivity index (χ1v) is 12.6. The Morgan fingerprint density at radius 3 is 2.09 bits per heavy atom. The molecule has 7 nitrogen and oxygen atoms in total. The molecule has 35 heavy (non-hydrogen) atoms. The van der Waals surface area contributed by atoms with Gasteiger partial charge in [0.15, 0.2) is 16.9 Å². The fourth-order valence-corrected chi connectivity index (χ4v) is 6.20. The maximum Gasteiger partial charge on any atom is 0.271 e. The lowest BCUT2D eigenvalue weighted by atomic mass is 10.1. The molecule has 1 unspecified atom stereocenters. The van der Waals surface area contributed by atoms with Crippen molar-refractivity contribution in [3.8, 4) is 17.2 Å². The van der Waals surface area contributed by atoms with E-state index in [2.05, 4.69) is 0 Å². The number of amides is 1. The van der Waals surface area contributed by atoms with E-state index in [1.54, 1.807) is 48.5 Å². The van der Waals surface area contributed by atoms with E-state index in [0.717, 1.165) is 4.90 Å². The van der Waals surface area contributed by atoms with Gasteiger partial charge in [-0.3, -0.25) is 9.69 Å². The third-order valence-electron chi connectivity index (χ3n) is 5.50. The van der Waals surface area contributed by atoms with Crippen LogP contribution >= 0.6 is 23.2 Å². The highest BCUT2D eigenvalue weighted by molar-refractivity contribution is 7.97. The number of hydrogen-bond acceptors (Lipinski definition) is 6. The van der Waals surface area contributed by atoms with E-state index in [9.17, 15) is 13.2 Å². The van der Waals surface area contributed by atoms with Gasteiger partial charge in [0.05, 0.1) is 32.0 Å². The van der Waals surface area contributed by atoms with Crippen LogP contribution in [0.2, 0.25) is 10.0 Å². The normalized spacial score (nSPS) is 18.1. The van der Waals surface area contributed by atoms with Gasteiger partial charge >= 0.3 is 0 Å². The Labute approximate surface area is 213 Å². The minimum absolute atomic E-state index is 0.188. The van der Waals surface area contributed by atoms with Gasteiger partial charge in [0.2, 0.25) is 15.6 Å². The minimum Gasteiger partial charge on any atom is -0.493 e.